The van der Waals surface area contributed by atoms with E-state index in [4.69, 9.17) is 0 Å². The number of amides is 1. The molecule has 0 spiro atoms. The van der Waals surface area contributed by atoms with E-state index in [0.717, 1.165) is 18.2 Å². The molecular weight excluding hydrogens is 238 g/mol. The number of nitrogens with one attached hydrogen (secondary N) is 1. The van der Waals surface area contributed by atoms with Gasteiger partial charge in [-0.3, -0.25) is 4.79 Å². The molecule has 0 aromatic carbocycles. The maximum atomic E-state index is 12.0. The Labute approximate surface area is 115 Å². The van der Waals surface area contributed by atoms with E-state index in [1.54, 1.807) is 6.20 Å². The second-order valence-electron chi connectivity index (χ2n) is 5.85. The average Bonchev–Trinajstić information content (AvgIpc) is 2.86. The smallest absolute Gasteiger partial charge is 0.225 e. The molecular formula is C15H25N3O. The predicted octanol–water partition coefficient (Wildman–Crippen LogP) is 3.76. The summed E-state index contributed by atoms with van der Waals surface area (Å²) in [6, 6.07) is 2.13. The van der Waals surface area contributed by atoms with E-state index in [2.05, 4.69) is 24.3 Å². The number of aromatic nitrogens is 2. The first-order valence-electron chi connectivity index (χ1n) is 7.50. The van der Waals surface area contributed by atoms with Gasteiger partial charge >= 0.3 is 0 Å². The molecule has 106 valence electrons. The lowest BCUT2D eigenvalue weighted by Gasteiger charge is -2.21. The Hall–Kier alpha value is -1.32. The van der Waals surface area contributed by atoms with E-state index in [1.807, 2.05) is 10.7 Å². The Bertz CT molecular complexity index is 405. The van der Waals surface area contributed by atoms with Crippen LogP contribution in [0, 0.1) is 5.92 Å². The minimum Gasteiger partial charge on any atom is -0.311 e. The molecule has 0 unspecified atom stereocenters. The van der Waals surface area contributed by atoms with Gasteiger partial charge in [-0.25, -0.2) is 4.68 Å². The first kappa shape index (κ1) is 14.1. The highest BCUT2D eigenvalue weighted by molar-refractivity contribution is 5.89. The van der Waals surface area contributed by atoms with Gasteiger partial charge in [0.1, 0.15) is 5.82 Å². The first-order chi connectivity index (χ1) is 9.16. The van der Waals surface area contributed by atoms with Crippen molar-refractivity contribution in [2.24, 2.45) is 5.92 Å². The fourth-order valence-corrected chi connectivity index (χ4v) is 2.84. The van der Waals surface area contributed by atoms with Gasteiger partial charge in [-0.1, -0.05) is 32.1 Å². The van der Waals surface area contributed by atoms with E-state index >= 15 is 0 Å². The molecule has 1 aromatic rings. The predicted molar refractivity (Wildman–Crippen MR) is 77.1 cm³/mol. The number of anilines is 1. The maximum absolute atomic E-state index is 12.0. The summed E-state index contributed by atoms with van der Waals surface area (Å²) in [5.74, 6) is 1.69. The van der Waals surface area contributed by atoms with Crippen molar-refractivity contribution in [3.8, 4) is 0 Å². The van der Waals surface area contributed by atoms with Crippen LogP contribution in [0.15, 0.2) is 12.3 Å². The summed E-state index contributed by atoms with van der Waals surface area (Å²) in [7, 11) is 0. The number of carbonyl (C=O) groups excluding carboxylic acids is 1. The quantitative estimate of drug-likeness (QED) is 0.879. The van der Waals surface area contributed by atoms with E-state index in [9.17, 15) is 4.79 Å². The fourth-order valence-electron chi connectivity index (χ4n) is 2.84. The molecule has 0 radical (unpaired) electrons. The van der Waals surface area contributed by atoms with Crippen LogP contribution in [0.2, 0.25) is 0 Å². The summed E-state index contributed by atoms with van der Waals surface area (Å²) in [6.45, 7) is 4.12. The number of hydrogen-bond acceptors (Lipinski definition) is 2. The van der Waals surface area contributed by atoms with Crippen LogP contribution >= 0.6 is 0 Å². The van der Waals surface area contributed by atoms with E-state index in [1.165, 1.54) is 32.1 Å². The van der Waals surface area contributed by atoms with Crippen molar-refractivity contribution in [3.05, 3.63) is 12.3 Å². The van der Waals surface area contributed by atoms with E-state index < -0.39 is 0 Å². The molecule has 1 N–H and O–H groups in total. The van der Waals surface area contributed by atoms with Crippen molar-refractivity contribution in [2.45, 2.75) is 64.8 Å². The second-order valence-corrected chi connectivity index (χ2v) is 5.85. The van der Waals surface area contributed by atoms with Gasteiger partial charge < -0.3 is 5.32 Å². The lowest BCUT2D eigenvalue weighted by molar-refractivity contribution is -0.116. The Morgan fingerprint density at radius 3 is 2.84 bits per heavy atom. The standard InChI is InChI=1S/C15H25N3O/c1-12(2)18-14(10-11-16-18)17-15(19)9-8-13-6-4-3-5-7-13/h10-13H,3-9H2,1-2H3,(H,17,19). The largest absolute Gasteiger partial charge is 0.311 e. The topological polar surface area (TPSA) is 46.9 Å². The monoisotopic (exact) mass is 263 g/mol. The Balaban J connectivity index is 1.78. The summed E-state index contributed by atoms with van der Waals surface area (Å²) in [6.07, 6.45) is 10.1. The highest BCUT2D eigenvalue weighted by atomic mass is 16.1. The third-order valence-corrected chi connectivity index (χ3v) is 3.93. The van der Waals surface area contributed by atoms with Gasteiger partial charge in [0.05, 0.1) is 6.20 Å². The molecule has 0 bridgehead atoms. The Morgan fingerprint density at radius 2 is 2.16 bits per heavy atom. The molecule has 1 saturated carbocycles. The van der Waals surface area contributed by atoms with Crippen LogP contribution in [0.1, 0.15) is 64.8 Å². The van der Waals surface area contributed by atoms with E-state index in [0.29, 0.717) is 6.42 Å². The zero-order chi connectivity index (χ0) is 13.7. The van der Waals surface area contributed by atoms with Crippen molar-refractivity contribution in [1.29, 1.82) is 0 Å². The van der Waals surface area contributed by atoms with Crippen LogP contribution in [0.25, 0.3) is 0 Å². The number of carbonyl (C=O) groups is 1. The molecule has 4 nitrogen and oxygen atoms in total. The number of rotatable bonds is 5. The van der Waals surface area contributed by atoms with Crippen molar-refractivity contribution >= 4 is 11.7 Å². The molecule has 19 heavy (non-hydrogen) atoms. The van der Waals surface area contributed by atoms with Crippen molar-refractivity contribution < 1.29 is 4.79 Å². The first-order valence-corrected chi connectivity index (χ1v) is 7.50. The van der Waals surface area contributed by atoms with Crippen molar-refractivity contribution in [2.75, 3.05) is 5.32 Å². The third kappa shape index (κ3) is 4.08. The van der Waals surface area contributed by atoms with Gasteiger partial charge in [0, 0.05) is 18.5 Å². The molecule has 4 heteroatoms. The normalized spacial score (nSPS) is 16.8. The van der Waals surface area contributed by atoms with Gasteiger partial charge in [0.2, 0.25) is 5.91 Å². The molecule has 1 fully saturated rings. The van der Waals surface area contributed by atoms with Gasteiger partial charge in [-0.2, -0.15) is 5.10 Å². The minimum atomic E-state index is 0.118. The summed E-state index contributed by atoms with van der Waals surface area (Å²) in [4.78, 5) is 12.0. The van der Waals surface area contributed by atoms with Crippen LogP contribution in [-0.4, -0.2) is 15.7 Å². The van der Waals surface area contributed by atoms with Crippen molar-refractivity contribution in [3.63, 3.8) is 0 Å². The highest BCUT2D eigenvalue weighted by Gasteiger charge is 2.15. The van der Waals surface area contributed by atoms with Crippen molar-refractivity contribution in [1.82, 2.24) is 9.78 Å². The molecule has 1 amide bonds. The Morgan fingerprint density at radius 1 is 1.42 bits per heavy atom. The van der Waals surface area contributed by atoms with Gasteiger partial charge in [0.25, 0.3) is 0 Å². The summed E-state index contributed by atoms with van der Waals surface area (Å²) in [5, 5.41) is 7.19. The second kappa shape index (κ2) is 6.73. The van der Waals surface area contributed by atoms with E-state index in [-0.39, 0.29) is 11.9 Å². The van der Waals surface area contributed by atoms with Gasteiger partial charge in [0.15, 0.2) is 0 Å². The molecule has 1 aromatic heterocycles. The minimum absolute atomic E-state index is 0.118. The SMILES string of the molecule is CC(C)n1nccc1NC(=O)CCC1CCCCC1. The lowest BCUT2D eigenvalue weighted by atomic mass is 9.86. The number of nitrogens with zero attached hydrogens (tertiary/aromatic N) is 2. The summed E-state index contributed by atoms with van der Waals surface area (Å²) in [5.41, 5.74) is 0. The zero-order valence-electron chi connectivity index (χ0n) is 12.1. The molecule has 1 aliphatic carbocycles. The van der Waals surface area contributed by atoms with Gasteiger partial charge in [-0.15, -0.1) is 0 Å². The zero-order valence-corrected chi connectivity index (χ0v) is 12.1. The number of hydrogen-bond donors (Lipinski definition) is 1. The van der Waals surface area contributed by atoms with Crippen LogP contribution in [0.4, 0.5) is 5.82 Å². The van der Waals surface area contributed by atoms with Crippen LogP contribution < -0.4 is 5.32 Å². The summed E-state index contributed by atoms with van der Waals surface area (Å²) < 4.78 is 1.85. The Kier molecular flexibility index (Phi) is 5.00. The fraction of sp³-hybridized carbons (Fsp3) is 0.733. The van der Waals surface area contributed by atoms with Gasteiger partial charge in [-0.05, 0) is 26.2 Å². The highest BCUT2D eigenvalue weighted by Crippen LogP contribution is 2.27. The molecule has 0 aliphatic heterocycles. The molecule has 0 atom stereocenters. The maximum Gasteiger partial charge on any atom is 0.225 e. The van der Waals surface area contributed by atoms with Crippen LogP contribution in [0.3, 0.4) is 0 Å². The molecule has 1 aliphatic rings. The van der Waals surface area contributed by atoms with Crippen LogP contribution in [-0.2, 0) is 4.79 Å². The van der Waals surface area contributed by atoms with Crippen LogP contribution in [0.5, 0.6) is 0 Å². The molecule has 1 heterocycles. The lowest BCUT2D eigenvalue weighted by Crippen LogP contribution is -2.18. The average molecular weight is 263 g/mol. The summed E-state index contributed by atoms with van der Waals surface area (Å²) >= 11 is 0. The molecule has 0 saturated heterocycles. The molecule has 2 rings (SSSR count). The third-order valence-electron chi connectivity index (χ3n) is 3.93.